The Morgan fingerprint density at radius 3 is 2.71 bits per heavy atom. The minimum atomic E-state index is -0.245. The number of imidazole rings is 1. The number of thiazole rings is 1. The molecule has 2 aromatic heterocycles. The number of hydrogen-bond acceptors (Lipinski definition) is 3. The van der Waals surface area contributed by atoms with Crippen LogP contribution in [-0.4, -0.2) is 15.4 Å². The lowest BCUT2D eigenvalue weighted by molar-refractivity contribution is 0.404. The van der Waals surface area contributed by atoms with Gasteiger partial charge in [0.2, 0.25) is 0 Å². The van der Waals surface area contributed by atoms with Gasteiger partial charge in [0.25, 0.3) is 0 Å². The average molecular weight is 303 g/mol. The molecule has 3 nitrogen and oxygen atoms in total. The predicted octanol–water partition coefficient (Wildman–Crippen LogP) is 3.38. The molecule has 5 heteroatoms. The van der Waals surface area contributed by atoms with Crippen LogP contribution >= 0.6 is 11.3 Å². The second-order valence-corrected chi connectivity index (χ2v) is 6.74. The van der Waals surface area contributed by atoms with E-state index in [9.17, 15) is 4.39 Å². The molecular formula is C16H18FN3S. The van der Waals surface area contributed by atoms with Crippen LogP contribution in [0.5, 0.6) is 0 Å². The van der Waals surface area contributed by atoms with Crippen LogP contribution in [0.25, 0.3) is 4.96 Å². The van der Waals surface area contributed by atoms with Gasteiger partial charge in [-0.3, -0.25) is 4.40 Å². The zero-order valence-corrected chi connectivity index (χ0v) is 12.9. The second kappa shape index (κ2) is 5.24. The first-order chi connectivity index (χ1) is 9.96. The highest BCUT2D eigenvalue weighted by molar-refractivity contribution is 7.15. The lowest BCUT2D eigenvalue weighted by atomic mass is 9.76. The second-order valence-electron chi connectivity index (χ2n) is 5.86. The summed E-state index contributed by atoms with van der Waals surface area (Å²) in [5.41, 5.74) is 8.19. The van der Waals surface area contributed by atoms with Crippen LogP contribution in [0.2, 0.25) is 0 Å². The molecule has 0 spiro atoms. The molecule has 3 rings (SSSR count). The monoisotopic (exact) mass is 303 g/mol. The van der Waals surface area contributed by atoms with Gasteiger partial charge in [0.15, 0.2) is 4.96 Å². The van der Waals surface area contributed by atoms with E-state index in [4.69, 9.17) is 5.73 Å². The highest BCUT2D eigenvalue weighted by Crippen LogP contribution is 2.28. The van der Waals surface area contributed by atoms with Crippen molar-refractivity contribution in [2.75, 3.05) is 0 Å². The van der Waals surface area contributed by atoms with Gasteiger partial charge in [-0.05, 0) is 17.7 Å². The Bertz CT molecular complexity index is 714. The fourth-order valence-corrected chi connectivity index (χ4v) is 3.17. The molecule has 0 fully saturated rings. The van der Waals surface area contributed by atoms with Gasteiger partial charge in [-0.25, -0.2) is 9.37 Å². The van der Waals surface area contributed by atoms with E-state index in [0.29, 0.717) is 6.42 Å². The SMILES string of the molecule is CC(C)(c1ccc(F)cc1)C(N)Cc1cn2ccsc2n1. The third-order valence-corrected chi connectivity index (χ3v) is 4.86. The summed E-state index contributed by atoms with van der Waals surface area (Å²) in [6.45, 7) is 4.17. The quantitative estimate of drug-likeness (QED) is 0.803. The maximum atomic E-state index is 13.1. The number of rotatable bonds is 4. The number of halogens is 1. The number of nitrogens with two attached hydrogens (primary N) is 1. The van der Waals surface area contributed by atoms with E-state index < -0.39 is 0 Å². The maximum Gasteiger partial charge on any atom is 0.193 e. The van der Waals surface area contributed by atoms with E-state index >= 15 is 0 Å². The Labute approximate surface area is 127 Å². The number of fused-ring (bicyclic) bond motifs is 1. The van der Waals surface area contributed by atoms with Crippen molar-refractivity contribution in [1.82, 2.24) is 9.38 Å². The normalized spacial score (nSPS) is 13.7. The molecule has 0 saturated carbocycles. The van der Waals surface area contributed by atoms with E-state index in [-0.39, 0.29) is 17.3 Å². The van der Waals surface area contributed by atoms with Crippen molar-refractivity contribution < 1.29 is 4.39 Å². The molecule has 110 valence electrons. The number of benzene rings is 1. The molecule has 2 N–H and O–H groups in total. The van der Waals surface area contributed by atoms with E-state index in [0.717, 1.165) is 16.2 Å². The van der Waals surface area contributed by atoms with Crippen LogP contribution < -0.4 is 5.73 Å². The summed E-state index contributed by atoms with van der Waals surface area (Å²) >= 11 is 1.61. The van der Waals surface area contributed by atoms with Crippen LogP contribution in [0.15, 0.2) is 42.0 Å². The van der Waals surface area contributed by atoms with E-state index in [1.54, 1.807) is 23.5 Å². The van der Waals surface area contributed by atoms with E-state index in [1.165, 1.54) is 12.1 Å². The van der Waals surface area contributed by atoms with Gasteiger partial charge in [-0.2, -0.15) is 0 Å². The van der Waals surface area contributed by atoms with Crippen molar-refractivity contribution in [1.29, 1.82) is 0 Å². The minimum absolute atomic E-state index is 0.0902. The summed E-state index contributed by atoms with van der Waals surface area (Å²) in [7, 11) is 0. The predicted molar refractivity (Wildman–Crippen MR) is 84.2 cm³/mol. The fourth-order valence-electron chi connectivity index (χ4n) is 2.45. The number of nitrogens with zero attached hydrogens (tertiary/aromatic N) is 2. The zero-order valence-electron chi connectivity index (χ0n) is 12.1. The van der Waals surface area contributed by atoms with Crippen LogP contribution in [0, 0.1) is 5.82 Å². The molecule has 3 aromatic rings. The van der Waals surface area contributed by atoms with Crippen molar-refractivity contribution in [2.45, 2.75) is 31.7 Å². The average Bonchev–Trinajstić information content (AvgIpc) is 3.00. The molecule has 0 aliphatic carbocycles. The largest absolute Gasteiger partial charge is 0.327 e. The molecule has 0 aliphatic rings. The number of aromatic nitrogens is 2. The van der Waals surface area contributed by atoms with Crippen LogP contribution in [-0.2, 0) is 11.8 Å². The first kappa shape index (κ1) is 14.2. The summed E-state index contributed by atoms with van der Waals surface area (Å²) in [6.07, 6.45) is 4.71. The Morgan fingerprint density at radius 2 is 2.05 bits per heavy atom. The van der Waals surface area contributed by atoms with Crippen molar-refractivity contribution in [2.24, 2.45) is 5.73 Å². The third kappa shape index (κ3) is 2.71. The van der Waals surface area contributed by atoms with E-state index in [1.807, 2.05) is 22.2 Å². The molecule has 1 aromatic carbocycles. The molecule has 1 atom stereocenters. The van der Waals surface area contributed by atoms with Gasteiger partial charge < -0.3 is 5.73 Å². The summed E-state index contributed by atoms with van der Waals surface area (Å²) in [6, 6.07) is 6.49. The molecule has 0 amide bonds. The van der Waals surface area contributed by atoms with Crippen LogP contribution in [0.4, 0.5) is 4.39 Å². The fraction of sp³-hybridized carbons (Fsp3) is 0.312. The third-order valence-electron chi connectivity index (χ3n) is 4.09. The molecule has 0 saturated heterocycles. The first-order valence-electron chi connectivity index (χ1n) is 6.89. The molecular weight excluding hydrogens is 285 g/mol. The molecule has 2 heterocycles. The van der Waals surface area contributed by atoms with Gasteiger partial charge in [0, 0.05) is 35.7 Å². The summed E-state index contributed by atoms with van der Waals surface area (Å²) in [5, 5.41) is 2.01. The Balaban J connectivity index is 1.81. The van der Waals surface area contributed by atoms with Gasteiger partial charge >= 0.3 is 0 Å². The van der Waals surface area contributed by atoms with Gasteiger partial charge in [-0.1, -0.05) is 26.0 Å². The molecule has 0 bridgehead atoms. The van der Waals surface area contributed by atoms with Gasteiger partial charge in [0.05, 0.1) is 5.69 Å². The summed E-state index contributed by atoms with van der Waals surface area (Å²) in [5.74, 6) is -0.225. The lowest BCUT2D eigenvalue weighted by Crippen LogP contribution is -2.42. The van der Waals surface area contributed by atoms with Crippen molar-refractivity contribution >= 4 is 16.3 Å². The Hall–Kier alpha value is -1.72. The minimum Gasteiger partial charge on any atom is -0.327 e. The summed E-state index contributed by atoms with van der Waals surface area (Å²) in [4.78, 5) is 5.56. The Kier molecular flexibility index (Phi) is 3.55. The van der Waals surface area contributed by atoms with Gasteiger partial charge in [-0.15, -0.1) is 11.3 Å². The van der Waals surface area contributed by atoms with Crippen LogP contribution in [0.1, 0.15) is 25.1 Å². The number of hydrogen-bond donors (Lipinski definition) is 1. The molecule has 0 aliphatic heterocycles. The Morgan fingerprint density at radius 1 is 1.33 bits per heavy atom. The van der Waals surface area contributed by atoms with Gasteiger partial charge in [0.1, 0.15) is 5.82 Å². The summed E-state index contributed by atoms with van der Waals surface area (Å²) < 4.78 is 15.1. The smallest absolute Gasteiger partial charge is 0.193 e. The highest BCUT2D eigenvalue weighted by Gasteiger charge is 2.29. The highest BCUT2D eigenvalue weighted by atomic mass is 32.1. The standard InChI is InChI=1S/C16H18FN3S/c1-16(2,11-3-5-12(17)6-4-11)14(18)9-13-10-20-7-8-21-15(20)19-13/h3-8,10,14H,9,18H2,1-2H3. The topological polar surface area (TPSA) is 43.3 Å². The van der Waals surface area contributed by atoms with Crippen molar-refractivity contribution in [3.63, 3.8) is 0 Å². The van der Waals surface area contributed by atoms with E-state index in [2.05, 4.69) is 18.8 Å². The molecule has 0 radical (unpaired) electrons. The van der Waals surface area contributed by atoms with Crippen LogP contribution in [0.3, 0.4) is 0 Å². The van der Waals surface area contributed by atoms with Crippen molar-refractivity contribution in [3.8, 4) is 0 Å². The molecule has 21 heavy (non-hydrogen) atoms. The zero-order chi connectivity index (χ0) is 15.0. The first-order valence-corrected chi connectivity index (χ1v) is 7.77. The maximum absolute atomic E-state index is 13.1. The molecule has 1 unspecified atom stereocenters. The van der Waals surface area contributed by atoms with Crippen molar-refractivity contribution in [3.05, 3.63) is 59.1 Å². The lowest BCUT2D eigenvalue weighted by Gasteiger charge is -2.32.